The Morgan fingerprint density at radius 1 is 1.00 bits per heavy atom. The van der Waals surface area contributed by atoms with Crippen molar-refractivity contribution >= 4 is 21.8 Å². The minimum absolute atomic E-state index is 0.217. The van der Waals surface area contributed by atoms with Crippen molar-refractivity contribution < 1.29 is 5.11 Å². The van der Waals surface area contributed by atoms with Gasteiger partial charge in [0, 0.05) is 28.7 Å². The molecule has 0 saturated carbocycles. The average molecular weight is 249 g/mol. The maximum atomic E-state index is 10.1. The second kappa shape index (κ2) is 3.62. The summed E-state index contributed by atoms with van der Waals surface area (Å²) in [6.07, 6.45) is 3.42. The van der Waals surface area contributed by atoms with Gasteiger partial charge in [-0.15, -0.1) is 0 Å². The number of benzene rings is 2. The Morgan fingerprint density at radius 3 is 2.74 bits per heavy atom. The number of phenols is 1. The standard InChI is InChI=1S/C15H11N3O/c19-12-6-5-10-9-3-1-2-4-11(9)18-14(10)13(12)15-16-7-8-17-15/h1-8,18-19H,(H,16,17). The lowest BCUT2D eigenvalue weighted by Gasteiger charge is -2.03. The molecule has 0 saturated heterocycles. The van der Waals surface area contributed by atoms with Crippen molar-refractivity contribution in [2.75, 3.05) is 0 Å². The number of hydrogen-bond acceptors (Lipinski definition) is 2. The summed E-state index contributed by atoms with van der Waals surface area (Å²) in [5.74, 6) is 0.878. The summed E-state index contributed by atoms with van der Waals surface area (Å²) in [6.45, 7) is 0. The van der Waals surface area contributed by atoms with E-state index in [0.29, 0.717) is 11.4 Å². The van der Waals surface area contributed by atoms with E-state index in [-0.39, 0.29) is 5.75 Å². The molecule has 4 rings (SSSR count). The van der Waals surface area contributed by atoms with Gasteiger partial charge in [-0.05, 0) is 18.2 Å². The fourth-order valence-electron chi connectivity index (χ4n) is 2.55. The lowest BCUT2D eigenvalue weighted by atomic mass is 10.1. The van der Waals surface area contributed by atoms with E-state index in [0.717, 1.165) is 21.8 Å². The molecule has 2 aromatic carbocycles. The van der Waals surface area contributed by atoms with E-state index < -0.39 is 0 Å². The molecule has 2 aromatic heterocycles. The summed E-state index contributed by atoms with van der Waals surface area (Å²) < 4.78 is 0. The summed E-state index contributed by atoms with van der Waals surface area (Å²) in [4.78, 5) is 10.6. The van der Waals surface area contributed by atoms with Gasteiger partial charge in [-0.1, -0.05) is 18.2 Å². The van der Waals surface area contributed by atoms with Crippen LogP contribution in [0.15, 0.2) is 48.8 Å². The normalized spacial score (nSPS) is 11.4. The summed E-state index contributed by atoms with van der Waals surface area (Å²) in [5, 5.41) is 12.4. The number of nitrogens with zero attached hydrogens (tertiary/aromatic N) is 1. The maximum absolute atomic E-state index is 10.1. The number of hydrogen-bond donors (Lipinski definition) is 3. The summed E-state index contributed by atoms with van der Waals surface area (Å²) >= 11 is 0. The van der Waals surface area contributed by atoms with Crippen LogP contribution in [0.2, 0.25) is 0 Å². The molecule has 4 nitrogen and oxygen atoms in total. The fraction of sp³-hybridized carbons (Fsp3) is 0. The number of fused-ring (bicyclic) bond motifs is 3. The predicted molar refractivity (Wildman–Crippen MR) is 75.1 cm³/mol. The molecular weight excluding hydrogens is 238 g/mol. The van der Waals surface area contributed by atoms with Crippen molar-refractivity contribution in [2.45, 2.75) is 0 Å². The monoisotopic (exact) mass is 249 g/mol. The van der Waals surface area contributed by atoms with Crippen molar-refractivity contribution in [1.82, 2.24) is 15.0 Å². The van der Waals surface area contributed by atoms with Gasteiger partial charge < -0.3 is 15.1 Å². The average Bonchev–Trinajstić information content (AvgIpc) is 3.05. The molecule has 0 amide bonds. The summed E-state index contributed by atoms with van der Waals surface area (Å²) in [6, 6.07) is 11.7. The molecular formula is C15H11N3O. The predicted octanol–water partition coefficient (Wildman–Crippen LogP) is 3.42. The number of H-pyrrole nitrogens is 2. The molecule has 0 aliphatic carbocycles. The number of rotatable bonds is 1. The molecule has 0 atom stereocenters. The van der Waals surface area contributed by atoms with Crippen LogP contribution in [-0.4, -0.2) is 20.1 Å². The molecule has 2 heterocycles. The minimum Gasteiger partial charge on any atom is -0.507 e. The van der Waals surface area contributed by atoms with Gasteiger partial charge in [-0.3, -0.25) is 0 Å². The highest BCUT2D eigenvalue weighted by molar-refractivity contribution is 6.12. The quantitative estimate of drug-likeness (QED) is 0.484. The molecule has 0 spiro atoms. The molecule has 0 unspecified atom stereocenters. The maximum Gasteiger partial charge on any atom is 0.143 e. The van der Waals surface area contributed by atoms with Crippen molar-refractivity contribution in [2.24, 2.45) is 0 Å². The number of aromatic amines is 2. The first kappa shape index (κ1) is 10.2. The van der Waals surface area contributed by atoms with Crippen LogP contribution in [0.5, 0.6) is 5.75 Å². The van der Waals surface area contributed by atoms with Crippen LogP contribution in [0.4, 0.5) is 0 Å². The van der Waals surface area contributed by atoms with Gasteiger partial charge in [0.15, 0.2) is 0 Å². The molecule has 19 heavy (non-hydrogen) atoms. The Morgan fingerprint density at radius 2 is 1.89 bits per heavy atom. The van der Waals surface area contributed by atoms with Crippen LogP contribution in [-0.2, 0) is 0 Å². The van der Waals surface area contributed by atoms with Crippen LogP contribution in [0.25, 0.3) is 33.2 Å². The van der Waals surface area contributed by atoms with Gasteiger partial charge in [-0.2, -0.15) is 0 Å². The highest BCUT2D eigenvalue weighted by Crippen LogP contribution is 2.37. The number of phenolic OH excluding ortho intramolecular Hbond substituents is 1. The molecule has 3 N–H and O–H groups in total. The van der Waals surface area contributed by atoms with E-state index in [1.807, 2.05) is 24.3 Å². The van der Waals surface area contributed by atoms with Crippen molar-refractivity contribution in [3.63, 3.8) is 0 Å². The third-order valence-corrected chi connectivity index (χ3v) is 3.40. The number of aromatic hydroxyl groups is 1. The zero-order chi connectivity index (χ0) is 12.8. The van der Waals surface area contributed by atoms with Crippen LogP contribution in [0, 0.1) is 0 Å². The molecule has 0 aliphatic heterocycles. The second-order valence-electron chi connectivity index (χ2n) is 4.49. The largest absolute Gasteiger partial charge is 0.507 e. The third-order valence-electron chi connectivity index (χ3n) is 3.40. The third kappa shape index (κ3) is 1.37. The highest BCUT2D eigenvalue weighted by Gasteiger charge is 2.14. The van der Waals surface area contributed by atoms with Crippen LogP contribution < -0.4 is 0 Å². The number of para-hydroxylation sites is 1. The summed E-state index contributed by atoms with van der Waals surface area (Å²) in [7, 11) is 0. The molecule has 92 valence electrons. The number of imidazole rings is 1. The molecule has 0 fully saturated rings. The Balaban J connectivity index is 2.20. The van der Waals surface area contributed by atoms with Crippen LogP contribution >= 0.6 is 0 Å². The Bertz CT molecular complexity index is 875. The van der Waals surface area contributed by atoms with Crippen molar-refractivity contribution in [3.8, 4) is 17.1 Å². The Hall–Kier alpha value is -2.75. The van der Waals surface area contributed by atoms with Crippen molar-refractivity contribution in [3.05, 3.63) is 48.8 Å². The zero-order valence-electron chi connectivity index (χ0n) is 10.0. The molecule has 0 bridgehead atoms. The van der Waals surface area contributed by atoms with Crippen molar-refractivity contribution in [1.29, 1.82) is 0 Å². The fourth-order valence-corrected chi connectivity index (χ4v) is 2.55. The minimum atomic E-state index is 0.217. The van der Waals surface area contributed by atoms with E-state index in [4.69, 9.17) is 0 Å². The number of aromatic nitrogens is 3. The van der Waals surface area contributed by atoms with Gasteiger partial charge >= 0.3 is 0 Å². The molecule has 0 aliphatic rings. The molecule has 4 heteroatoms. The van der Waals surface area contributed by atoms with E-state index in [1.54, 1.807) is 18.5 Å². The summed E-state index contributed by atoms with van der Waals surface area (Å²) in [5.41, 5.74) is 2.66. The molecule has 4 aromatic rings. The smallest absolute Gasteiger partial charge is 0.143 e. The topological polar surface area (TPSA) is 64.7 Å². The van der Waals surface area contributed by atoms with Gasteiger partial charge in [0.2, 0.25) is 0 Å². The first-order valence-electron chi connectivity index (χ1n) is 6.07. The van der Waals surface area contributed by atoms with Gasteiger partial charge in [0.05, 0.1) is 11.1 Å². The zero-order valence-corrected chi connectivity index (χ0v) is 10.0. The van der Waals surface area contributed by atoms with Gasteiger partial charge in [-0.25, -0.2) is 4.98 Å². The Labute approximate surface area is 108 Å². The molecule has 0 radical (unpaired) electrons. The lowest BCUT2D eigenvalue weighted by molar-refractivity contribution is 0.477. The first-order valence-corrected chi connectivity index (χ1v) is 6.07. The Kier molecular flexibility index (Phi) is 1.94. The second-order valence-corrected chi connectivity index (χ2v) is 4.49. The highest BCUT2D eigenvalue weighted by atomic mass is 16.3. The van der Waals surface area contributed by atoms with E-state index >= 15 is 0 Å². The van der Waals surface area contributed by atoms with E-state index in [2.05, 4.69) is 21.0 Å². The van der Waals surface area contributed by atoms with Gasteiger partial charge in [0.1, 0.15) is 11.6 Å². The number of nitrogens with one attached hydrogen (secondary N) is 2. The van der Waals surface area contributed by atoms with Crippen LogP contribution in [0.1, 0.15) is 0 Å². The van der Waals surface area contributed by atoms with E-state index in [9.17, 15) is 5.11 Å². The first-order chi connectivity index (χ1) is 9.34. The lowest BCUT2D eigenvalue weighted by Crippen LogP contribution is -1.84. The van der Waals surface area contributed by atoms with E-state index in [1.165, 1.54) is 0 Å². The van der Waals surface area contributed by atoms with Gasteiger partial charge in [0.25, 0.3) is 0 Å². The van der Waals surface area contributed by atoms with Crippen LogP contribution in [0.3, 0.4) is 0 Å². The SMILES string of the molecule is Oc1ccc2c([nH]c3ccccc32)c1-c1ncc[nH]1.